The molecule has 76 valence electrons. The monoisotopic (exact) mass is 256 g/mol. The van der Waals surface area contributed by atoms with E-state index in [9.17, 15) is 0 Å². The number of aryl methyl sites for hydroxylation is 1. The van der Waals surface area contributed by atoms with Crippen molar-refractivity contribution in [3.05, 3.63) is 23.3 Å². The Morgan fingerprint density at radius 2 is 2.50 bits per heavy atom. The molecular formula is C10H13BrN2O. The van der Waals surface area contributed by atoms with Crippen LogP contribution in [0.2, 0.25) is 0 Å². The van der Waals surface area contributed by atoms with Crippen LogP contribution in [0.4, 0.5) is 0 Å². The number of hydrogen-bond acceptors (Lipinski definition) is 3. The number of alkyl halides is 1. The minimum Gasteiger partial charge on any atom is -0.370 e. The smallest absolute Gasteiger partial charge is 0.157 e. The molecule has 0 amide bonds. The minimum absolute atomic E-state index is 0.119. The van der Waals surface area contributed by atoms with Gasteiger partial charge in [0.15, 0.2) is 5.82 Å². The predicted octanol–water partition coefficient (Wildman–Crippen LogP) is 2.53. The molecule has 1 aromatic rings. The van der Waals surface area contributed by atoms with Gasteiger partial charge in [0.05, 0.1) is 5.69 Å². The zero-order chi connectivity index (χ0) is 9.97. The molecule has 0 spiro atoms. The highest BCUT2D eigenvalue weighted by atomic mass is 79.9. The summed E-state index contributed by atoms with van der Waals surface area (Å²) in [5.74, 6) is 0.836. The van der Waals surface area contributed by atoms with Gasteiger partial charge in [0.25, 0.3) is 0 Å². The first kappa shape index (κ1) is 10.1. The zero-order valence-electron chi connectivity index (χ0n) is 8.16. The summed E-state index contributed by atoms with van der Waals surface area (Å²) in [6, 6.07) is 0. The van der Waals surface area contributed by atoms with E-state index in [4.69, 9.17) is 4.74 Å². The summed E-state index contributed by atoms with van der Waals surface area (Å²) in [5, 5.41) is 0.779. The topological polar surface area (TPSA) is 35.0 Å². The Balaban J connectivity index is 2.25. The third-order valence-corrected chi connectivity index (χ3v) is 2.97. The lowest BCUT2D eigenvalue weighted by Crippen LogP contribution is -2.05. The highest BCUT2D eigenvalue weighted by Gasteiger charge is 2.20. The molecule has 0 bridgehead atoms. The van der Waals surface area contributed by atoms with Crippen LogP contribution in [0.1, 0.15) is 36.0 Å². The average molecular weight is 257 g/mol. The standard InChI is InChI=1S/C10H13BrN2O/c1-7-6-12-10(13-8(7)5-11)9-3-2-4-14-9/h6,9H,2-5H2,1H3. The first-order valence-electron chi connectivity index (χ1n) is 4.81. The maximum atomic E-state index is 5.54. The van der Waals surface area contributed by atoms with Gasteiger partial charge in [-0.15, -0.1) is 0 Å². The fourth-order valence-corrected chi connectivity index (χ4v) is 2.13. The SMILES string of the molecule is Cc1cnc(C2CCCO2)nc1CBr. The molecule has 3 nitrogen and oxygen atoms in total. The molecule has 14 heavy (non-hydrogen) atoms. The summed E-state index contributed by atoms with van der Waals surface area (Å²) >= 11 is 3.42. The summed E-state index contributed by atoms with van der Waals surface area (Å²) in [4.78, 5) is 8.80. The lowest BCUT2D eigenvalue weighted by molar-refractivity contribution is 0.105. The third kappa shape index (κ3) is 1.96. The van der Waals surface area contributed by atoms with Crippen molar-refractivity contribution in [2.75, 3.05) is 6.61 Å². The van der Waals surface area contributed by atoms with E-state index in [0.29, 0.717) is 0 Å². The lowest BCUT2D eigenvalue weighted by atomic mass is 10.2. The second-order valence-electron chi connectivity index (χ2n) is 3.49. The van der Waals surface area contributed by atoms with Gasteiger partial charge in [-0.1, -0.05) is 15.9 Å². The molecule has 1 fully saturated rings. The Labute approximate surface area is 92.0 Å². The summed E-state index contributed by atoms with van der Waals surface area (Å²) in [6.07, 6.45) is 4.16. The Morgan fingerprint density at radius 3 is 3.14 bits per heavy atom. The molecule has 1 atom stereocenters. The van der Waals surface area contributed by atoms with Gasteiger partial charge < -0.3 is 4.74 Å². The Hall–Kier alpha value is -0.480. The van der Waals surface area contributed by atoms with Crippen LogP contribution >= 0.6 is 15.9 Å². The van der Waals surface area contributed by atoms with Crippen LogP contribution in [-0.4, -0.2) is 16.6 Å². The van der Waals surface area contributed by atoms with Crippen LogP contribution in [0.5, 0.6) is 0 Å². The fraction of sp³-hybridized carbons (Fsp3) is 0.600. The van der Waals surface area contributed by atoms with Gasteiger partial charge in [0.2, 0.25) is 0 Å². The number of rotatable bonds is 2. The summed E-state index contributed by atoms with van der Waals surface area (Å²) in [6.45, 7) is 2.86. The number of halogens is 1. The second-order valence-corrected chi connectivity index (χ2v) is 4.05. The van der Waals surface area contributed by atoms with Gasteiger partial charge in [0.1, 0.15) is 6.10 Å². The Bertz CT molecular complexity index is 324. The molecular weight excluding hydrogens is 244 g/mol. The van der Waals surface area contributed by atoms with Crippen molar-refractivity contribution in [1.29, 1.82) is 0 Å². The van der Waals surface area contributed by atoms with Crippen LogP contribution in [0.15, 0.2) is 6.20 Å². The minimum atomic E-state index is 0.119. The summed E-state index contributed by atoms with van der Waals surface area (Å²) in [7, 11) is 0. The molecule has 4 heteroatoms. The van der Waals surface area contributed by atoms with Crippen molar-refractivity contribution >= 4 is 15.9 Å². The largest absolute Gasteiger partial charge is 0.370 e. The summed E-state index contributed by atoms with van der Waals surface area (Å²) in [5.41, 5.74) is 2.19. The van der Waals surface area contributed by atoms with Crippen molar-refractivity contribution in [2.24, 2.45) is 0 Å². The van der Waals surface area contributed by atoms with Gasteiger partial charge in [-0.25, -0.2) is 9.97 Å². The van der Waals surface area contributed by atoms with E-state index in [2.05, 4.69) is 25.9 Å². The quantitative estimate of drug-likeness (QED) is 0.763. The molecule has 1 unspecified atom stereocenters. The average Bonchev–Trinajstić information content (AvgIpc) is 2.71. The van der Waals surface area contributed by atoms with Crippen molar-refractivity contribution in [3.8, 4) is 0 Å². The van der Waals surface area contributed by atoms with E-state index < -0.39 is 0 Å². The van der Waals surface area contributed by atoms with Crippen molar-refractivity contribution in [2.45, 2.75) is 31.2 Å². The number of aromatic nitrogens is 2. The number of hydrogen-bond donors (Lipinski definition) is 0. The van der Waals surface area contributed by atoms with E-state index in [1.54, 1.807) is 0 Å². The highest BCUT2D eigenvalue weighted by molar-refractivity contribution is 9.08. The van der Waals surface area contributed by atoms with E-state index >= 15 is 0 Å². The molecule has 1 aliphatic heterocycles. The molecule has 2 heterocycles. The lowest BCUT2D eigenvalue weighted by Gasteiger charge is -2.09. The second kappa shape index (κ2) is 4.36. The van der Waals surface area contributed by atoms with Crippen LogP contribution in [0.25, 0.3) is 0 Å². The first-order valence-corrected chi connectivity index (χ1v) is 5.93. The third-order valence-electron chi connectivity index (χ3n) is 2.44. The van der Waals surface area contributed by atoms with Crippen LogP contribution in [0.3, 0.4) is 0 Å². The Kier molecular flexibility index (Phi) is 3.13. The van der Waals surface area contributed by atoms with Gasteiger partial charge in [0, 0.05) is 18.1 Å². The van der Waals surface area contributed by atoms with Gasteiger partial charge in [-0.3, -0.25) is 0 Å². The molecule has 1 aromatic heterocycles. The number of ether oxygens (including phenoxy) is 1. The van der Waals surface area contributed by atoms with Crippen LogP contribution in [0, 0.1) is 6.92 Å². The summed E-state index contributed by atoms with van der Waals surface area (Å²) < 4.78 is 5.54. The highest BCUT2D eigenvalue weighted by Crippen LogP contribution is 2.26. The fourth-order valence-electron chi connectivity index (χ4n) is 1.56. The van der Waals surface area contributed by atoms with Crippen molar-refractivity contribution in [1.82, 2.24) is 9.97 Å². The molecule has 1 aliphatic rings. The van der Waals surface area contributed by atoms with Gasteiger partial charge in [-0.2, -0.15) is 0 Å². The predicted molar refractivity (Wildman–Crippen MR) is 57.3 cm³/mol. The molecule has 0 radical (unpaired) electrons. The van der Waals surface area contributed by atoms with Gasteiger partial charge >= 0.3 is 0 Å². The van der Waals surface area contributed by atoms with E-state index in [1.165, 1.54) is 0 Å². The Morgan fingerprint density at radius 1 is 1.64 bits per heavy atom. The molecule has 2 rings (SSSR count). The molecule has 1 saturated heterocycles. The van der Waals surface area contributed by atoms with Crippen LogP contribution in [-0.2, 0) is 10.1 Å². The van der Waals surface area contributed by atoms with E-state index in [1.807, 2.05) is 13.1 Å². The molecule has 0 aliphatic carbocycles. The van der Waals surface area contributed by atoms with Gasteiger partial charge in [-0.05, 0) is 25.3 Å². The van der Waals surface area contributed by atoms with Crippen molar-refractivity contribution in [3.63, 3.8) is 0 Å². The zero-order valence-corrected chi connectivity index (χ0v) is 9.75. The first-order chi connectivity index (χ1) is 6.81. The number of nitrogens with zero attached hydrogens (tertiary/aromatic N) is 2. The van der Waals surface area contributed by atoms with Crippen molar-refractivity contribution < 1.29 is 4.74 Å². The normalized spacial score (nSPS) is 21.4. The van der Waals surface area contributed by atoms with E-state index in [-0.39, 0.29) is 6.10 Å². The molecule has 0 saturated carbocycles. The van der Waals surface area contributed by atoms with E-state index in [0.717, 1.165) is 41.9 Å². The molecule has 0 N–H and O–H groups in total. The van der Waals surface area contributed by atoms with Crippen LogP contribution < -0.4 is 0 Å². The maximum Gasteiger partial charge on any atom is 0.157 e. The molecule has 0 aromatic carbocycles. The maximum absolute atomic E-state index is 5.54.